The number of carbonyl (C=O) groups excluding carboxylic acids is 1. The number of amides is 1. The van der Waals surface area contributed by atoms with Crippen LogP contribution in [-0.4, -0.2) is 54.0 Å². The summed E-state index contributed by atoms with van der Waals surface area (Å²) in [7, 11) is 2.16. The molecule has 1 aliphatic rings. The van der Waals surface area contributed by atoms with E-state index in [2.05, 4.69) is 60.3 Å². The van der Waals surface area contributed by atoms with Crippen molar-refractivity contribution in [2.24, 2.45) is 0 Å². The van der Waals surface area contributed by atoms with Crippen LogP contribution in [0.3, 0.4) is 0 Å². The van der Waals surface area contributed by atoms with Crippen molar-refractivity contribution in [2.45, 2.75) is 38.6 Å². The minimum atomic E-state index is -0.403. The molecule has 2 aromatic carbocycles. The van der Waals surface area contributed by atoms with Crippen LogP contribution < -0.4 is 10.3 Å². The summed E-state index contributed by atoms with van der Waals surface area (Å²) >= 11 is 6.00. The van der Waals surface area contributed by atoms with Gasteiger partial charge in [0.1, 0.15) is 17.4 Å². The summed E-state index contributed by atoms with van der Waals surface area (Å²) in [6.45, 7) is 5.27. The molecule has 1 N–H and O–H groups in total. The van der Waals surface area contributed by atoms with Gasteiger partial charge in [0.05, 0.1) is 12.1 Å². The monoisotopic (exact) mass is 507 g/mol. The Morgan fingerprint density at radius 2 is 1.86 bits per heavy atom. The molecule has 0 aliphatic carbocycles. The van der Waals surface area contributed by atoms with Crippen LogP contribution in [0.1, 0.15) is 52.2 Å². The van der Waals surface area contributed by atoms with Crippen LogP contribution in [-0.2, 0) is 6.54 Å². The molecule has 0 saturated heterocycles. The lowest BCUT2D eigenvalue weighted by molar-refractivity contribution is 0.0724. The molecule has 2 heterocycles. The molecule has 1 aromatic heterocycles. The van der Waals surface area contributed by atoms with Crippen LogP contribution in [0.25, 0.3) is 0 Å². The number of halogens is 1. The predicted octanol–water partition coefficient (Wildman–Crippen LogP) is 5.26. The number of nitrogens with zero attached hydrogens (tertiary/aromatic N) is 2. The first-order valence-corrected chi connectivity index (χ1v) is 12.9. The number of H-pyrrole nitrogens is 1. The number of aromatic nitrogens is 1. The average molecular weight is 508 g/mol. The zero-order valence-corrected chi connectivity index (χ0v) is 21.8. The smallest absolute Gasteiger partial charge is 0.266 e. The van der Waals surface area contributed by atoms with Gasteiger partial charge in [0, 0.05) is 24.8 Å². The summed E-state index contributed by atoms with van der Waals surface area (Å²) in [6.07, 6.45) is 4.31. The lowest BCUT2D eigenvalue weighted by atomic mass is 9.91. The van der Waals surface area contributed by atoms with Gasteiger partial charge in [0.15, 0.2) is 0 Å². The second-order valence-corrected chi connectivity index (χ2v) is 10.0. The third kappa shape index (κ3) is 6.77. The molecule has 190 valence electrons. The molecule has 0 bridgehead atoms. The number of hydrogen-bond donors (Lipinski definition) is 1. The van der Waals surface area contributed by atoms with Crippen LogP contribution in [0.15, 0.2) is 65.6 Å². The first kappa shape index (κ1) is 26.0. The van der Waals surface area contributed by atoms with E-state index < -0.39 is 5.56 Å². The Hall–Kier alpha value is -3.09. The Labute approximate surface area is 217 Å². The topological polar surface area (TPSA) is 65.6 Å². The number of benzene rings is 2. The summed E-state index contributed by atoms with van der Waals surface area (Å²) < 4.78 is 6.18. The second kappa shape index (κ2) is 12.2. The van der Waals surface area contributed by atoms with Gasteiger partial charge in [-0.3, -0.25) is 9.59 Å². The molecule has 6 nitrogen and oxygen atoms in total. The van der Waals surface area contributed by atoms with Gasteiger partial charge in [0.2, 0.25) is 0 Å². The largest absolute Gasteiger partial charge is 0.491 e. The molecule has 1 aliphatic heterocycles. The Bertz CT molecular complexity index is 1230. The fourth-order valence-corrected chi connectivity index (χ4v) is 4.96. The van der Waals surface area contributed by atoms with Gasteiger partial charge < -0.3 is 19.5 Å². The van der Waals surface area contributed by atoms with E-state index in [0.717, 1.165) is 43.7 Å². The molecule has 3 aromatic rings. The molecule has 4 rings (SSSR count). The van der Waals surface area contributed by atoms with E-state index in [9.17, 15) is 9.59 Å². The minimum Gasteiger partial charge on any atom is -0.491 e. The van der Waals surface area contributed by atoms with E-state index in [-0.39, 0.29) is 10.9 Å². The first-order chi connectivity index (χ1) is 17.4. The molecule has 1 amide bonds. The Balaban J connectivity index is 1.59. The summed E-state index contributed by atoms with van der Waals surface area (Å²) in [6, 6.07) is 18.3. The molecule has 7 heteroatoms. The van der Waals surface area contributed by atoms with E-state index >= 15 is 0 Å². The van der Waals surface area contributed by atoms with Crippen LogP contribution in [0.2, 0.25) is 5.02 Å². The maximum Gasteiger partial charge on any atom is 0.266 e. The molecule has 1 unspecified atom stereocenters. The van der Waals surface area contributed by atoms with E-state index in [0.29, 0.717) is 31.2 Å². The maximum absolute atomic E-state index is 13.4. The molecule has 0 saturated carbocycles. The zero-order valence-electron chi connectivity index (χ0n) is 21.0. The Morgan fingerprint density at radius 3 is 2.64 bits per heavy atom. The Morgan fingerprint density at radius 1 is 1.06 bits per heavy atom. The highest BCUT2D eigenvalue weighted by molar-refractivity contribution is 6.30. The normalized spacial score (nSPS) is 18.1. The van der Waals surface area contributed by atoms with Crippen molar-refractivity contribution in [3.63, 3.8) is 0 Å². The maximum atomic E-state index is 13.4. The highest BCUT2D eigenvalue weighted by Gasteiger charge is 2.20. The number of nitrogens with one attached hydrogen (secondary N) is 1. The third-order valence-electron chi connectivity index (χ3n) is 6.78. The number of pyridine rings is 1. The highest BCUT2D eigenvalue weighted by Crippen LogP contribution is 2.27. The van der Waals surface area contributed by atoms with Gasteiger partial charge in [-0.2, -0.15) is 0 Å². The SMILES string of the molecule is Cc1ccc2c(c1)CN(C)CCC(c1ccccc1)CCCN(C(=O)c1c[nH]c(=O)c(Cl)c1)CCO2. The standard InChI is InChI=1S/C29H34ClN3O3/c1-21-10-11-27-25(17-21)20-32(2)14-12-23(22-7-4-3-5-8-22)9-6-13-33(15-16-36-27)29(35)24-18-26(30)28(34)31-19-24/h3-5,7-8,10-11,17-19,23H,6,9,12-16,20H2,1-2H3,(H,31,34). The van der Waals surface area contributed by atoms with E-state index in [1.54, 1.807) is 4.90 Å². The van der Waals surface area contributed by atoms with Crippen molar-refractivity contribution >= 4 is 17.5 Å². The summed E-state index contributed by atoms with van der Waals surface area (Å²) in [5.74, 6) is 1.09. The molecule has 0 radical (unpaired) electrons. The van der Waals surface area contributed by atoms with Crippen LogP contribution >= 0.6 is 11.6 Å². The molecular formula is C29H34ClN3O3. The highest BCUT2D eigenvalue weighted by atomic mass is 35.5. The number of hydrogen-bond acceptors (Lipinski definition) is 4. The quantitative estimate of drug-likeness (QED) is 0.514. The van der Waals surface area contributed by atoms with E-state index in [4.69, 9.17) is 16.3 Å². The van der Waals surface area contributed by atoms with Gasteiger partial charge >= 0.3 is 0 Å². The fourth-order valence-electron chi connectivity index (χ4n) is 4.79. The van der Waals surface area contributed by atoms with Gasteiger partial charge in [-0.05, 0) is 63.4 Å². The van der Waals surface area contributed by atoms with Crippen LogP contribution in [0.5, 0.6) is 5.75 Å². The van der Waals surface area contributed by atoms with E-state index in [1.807, 2.05) is 12.1 Å². The van der Waals surface area contributed by atoms with Crippen molar-refractivity contribution in [1.82, 2.24) is 14.8 Å². The molecule has 36 heavy (non-hydrogen) atoms. The fraction of sp³-hybridized carbons (Fsp3) is 0.379. The minimum absolute atomic E-state index is 0.0109. The average Bonchev–Trinajstić information content (AvgIpc) is 2.87. The number of fused-ring (bicyclic) bond motifs is 1. The molecule has 0 fully saturated rings. The summed E-state index contributed by atoms with van der Waals surface area (Å²) in [4.78, 5) is 31.8. The summed E-state index contributed by atoms with van der Waals surface area (Å²) in [5, 5.41) is 0.0109. The lowest BCUT2D eigenvalue weighted by Gasteiger charge is -2.27. The summed E-state index contributed by atoms with van der Waals surface area (Å²) in [5.41, 5.74) is 3.65. The number of rotatable bonds is 2. The van der Waals surface area contributed by atoms with Crippen molar-refractivity contribution in [1.29, 1.82) is 0 Å². The predicted molar refractivity (Wildman–Crippen MR) is 144 cm³/mol. The van der Waals surface area contributed by atoms with E-state index in [1.165, 1.54) is 23.4 Å². The number of ether oxygens (including phenoxy) is 1. The van der Waals surface area contributed by atoms with Gasteiger partial charge in [-0.25, -0.2) is 0 Å². The van der Waals surface area contributed by atoms with Gasteiger partial charge in [0.25, 0.3) is 11.5 Å². The number of aryl methyl sites for hydroxylation is 1. The lowest BCUT2D eigenvalue weighted by Crippen LogP contribution is -2.36. The van der Waals surface area contributed by atoms with Crippen molar-refractivity contribution in [3.05, 3.63) is 98.4 Å². The second-order valence-electron chi connectivity index (χ2n) is 9.59. The Kier molecular flexibility index (Phi) is 8.83. The third-order valence-corrected chi connectivity index (χ3v) is 7.06. The number of carbonyl (C=O) groups is 1. The first-order valence-electron chi connectivity index (χ1n) is 12.5. The van der Waals surface area contributed by atoms with Crippen molar-refractivity contribution in [3.8, 4) is 5.75 Å². The molecular weight excluding hydrogens is 474 g/mol. The van der Waals surface area contributed by atoms with Gasteiger partial charge in [-0.15, -0.1) is 0 Å². The van der Waals surface area contributed by atoms with Crippen LogP contribution in [0, 0.1) is 6.92 Å². The zero-order chi connectivity index (χ0) is 25.5. The number of aromatic amines is 1. The van der Waals surface area contributed by atoms with Gasteiger partial charge in [-0.1, -0.05) is 59.6 Å². The molecule has 0 spiro atoms. The van der Waals surface area contributed by atoms with Crippen molar-refractivity contribution < 1.29 is 9.53 Å². The van der Waals surface area contributed by atoms with Crippen molar-refractivity contribution in [2.75, 3.05) is 33.3 Å². The van der Waals surface area contributed by atoms with Crippen LogP contribution in [0.4, 0.5) is 0 Å². The molecule has 1 atom stereocenters.